The monoisotopic (exact) mass is 365 g/mol. The van der Waals surface area contributed by atoms with Crippen molar-refractivity contribution in [3.05, 3.63) is 66.8 Å². The standard InChI is InChI=1S/C18H22I/c1-13(2)15(4)16-7-11-18(12-8-16)19-17-9-5-14(3)6-10-17/h5-13,15H,1-4H3/q-1. The number of benzene rings is 2. The molecule has 102 valence electrons. The molecule has 0 bridgehead atoms. The molecule has 2 rings (SSSR count). The summed E-state index contributed by atoms with van der Waals surface area (Å²) in [7, 11) is 0. The first kappa shape index (κ1) is 14.6. The van der Waals surface area contributed by atoms with E-state index in [4.69, 9.17) is 0 Å². The van der Waals surface area contributed by atoms with E-state index in [2.05, 4.69) is 76.2 Å². The van der Waals surface area contributed by atoms with E-state index in [9.17, 15) is 0 Å². The molecule has 0 heterocycles. The van der Waals surface area contributed by atoms with Crippen LogP contribution < -0.4 is 21.2 Å². The van der Waals surface area contributed by atoms with Crippen molar-refractivity contribution in [1.29, 1.82) is 0 Å². The predicted octanol–water partition coefficient (Wildman–Crippen LogP) is 1.88. The molecule has 19 heavy (non-hydrogen) atoms. The molecule has 1 unspecified atom stereocenters. The van der Waals surface area contributed by atoms with Gasteiger partial charge in [0.2, 0.25) is 0 Å². The number of hydrogen-bond acceptors (Lipinski definition) is 0. The van der Waals surface area contributed by atoms with Crippen LogP contribution in [-0.2, 0) is 0 Å². The summed E-state index contributed by atoms with van der Waals surface area (Å²) in [6, 6.07) is 18.2. The van der Waals surface area contributed by atoms with Gasteiger partial charge in [0.1, 0.15) is 0 Å². The molecule has 1 heteroatoms. The maximum atomic E-state index is 2.32. The van der Waals surface area contributed by atoms with Gasteiger partial charge < -0.3 is 0 Å². The minimum absolute atomic E-state index is 0.0325. The van der Waals surface area contributed by atoms with Crippen LogP contribution in [0, 0.1) is 20.0 Å². The molecule has 0 saturated carbocycles. The van der Waals surface area contributed by atoms with Crippen LogP contribution in [0.4, 0.5) is 0 Å². The van der Waals surface area contributed by atoms with Crippen LogP contribution >= 0.6 is 0 Å². The summed E-state index contributed by atoms with van der Waals surface area (Å²) < 4.78 is 3.00. The SMILES string of the molecule is Cc1ccc([I-]c2ccc(C(C)C(C)C)cc2)cc1. The van der Waals surface area contributed by atoms with Crippen molar-refractivity contribution < 1.29 is 21.2 Å². The van der Waals surface area contributed by atoms with Crippen LogP contribution in [0.3, 0.4) is 0 Å². The number of halogens is 1. The van der Waals surface area contributed by atoms with E-state index in [0.29, 0.717) is 11.8 Å². The first-order valence-corrected chi connectivity index (χ1v) is 9.03. The van der Waals surface area contributed by atoms with Crippen molar-refractivity contribution in [1.82, 2.24) is 0 Å². The zero-order chi connectivity index (χ0) is 13.8. The molecule has 2 aromatic carbocycles. The zero-order valence-corrected chi connectivity index (χ0v) is 14.3. The minimum atomic E-state index is -0.0325. The quantitative estimate of drug-likeness (QED) is 0.726. The molecule has 1 atom stereocenters. The molecule has 0 spiro atoms. The Morgan fingerprint density at radius 2 is 1.21 bits per heavy atom. The van der Waals surface area contributed by atoms with Crippen LogP contribution in [0.2, 0.25) is 0 Å². The summed E-state index contributed by atoms with van der Waals surface area (Å²) in [6.07, 6.45) is 0. The van der Waals surface area contributed by atoms with Crippen LogP contribution in [0.25, 0.3) is 0 Å². The molecule has 2 aromatic rings. The van der Waals surface area contributed by atoms with Gasteiger partial charge in [-0.3, -0.25) is 0 Å². The molecular weight excluding hydrogens is 343 g/mol. The summed E-state index contributed by atoms with van der Waals surface area (Å²) in [5.74, 6) is 1.35. The Labute approximate surface area is 127 Å². The Kier molecular flexibility index (Phi) is 5.03. The number of aryl methyl sites for hydroxylation is 1. The molecule has 0 nitrogen and oxygen atoms in total. The maximum absolute atomic E-state index is 2.32. The van der Waals surface area contributed by atoms with Crippen LogP contribution in [0.15, 0.2) is 48.5 Å². The third-order valence-electron chi connectivity index (χ3n) is 3.62. The third-order valence-corrected chi connectivity index (χ3v) is 6.31. The Bertz CT molecular complexity index is 508. The molecule has 0 aromatic heterocycles. The second-order valence-corrected chi connectivity index (χ2v) is 8.50. The molecule has 0 aliphatic carbocycles. The van der Waals surface area contributed by atoms with E-state index in [1.54, 1.807) is 0 Å². The topological polar surface area (TPSA) is 0 Å². The van der Waals surface area contributed by atoms with E-state index < -0.39 is 0 Å². The number of rotatable bonds is 4. The van der Waals surface area contributed by atoms with Gasteiger partial charge in [-0.1, -0.05) is 0 Å². The average molecular weight is 365 g/mol. The molecule has 0 N–H and O–H groups in total. The summed E-state index contributed by atoms with van der Waals surface area (Å²) in [4.78, 5) is 0. The van der Waals surface area contributed by atoms with Gasteiger partial charge in [-0.25, -0.2) is 0 Å². The molecule has 0 aliphatic heterocycles. The summed E-state index contributed by atoms with van der Waals surface area (Å²) >= 11 is -0.0325. The fourth-order valence-corrected chi connectivity index (χ4v) is 4.09. The van der Waals surface area contributed by atoms with Gasteiger partial charge in [-0.15, -0.1) is 0 Å². The second-order valence-electron chi connectivity index (χ2n) is 5.47. The predicted molar refractivity (Wildman–Crippen MR) is 78.3 cm³/mol. The first-order chi connectivity index (χ1) is 9.06. The van der Waals surface area contributed by atoms with E-state index in [0.717, 1.165) is 0 Å². The fourth-order valence-electron chi connectivity index (χ4n) is 1.94. The fraction of sp³-hybridized carbons (Fsp3) is 0.333. The van der Waals surface area contributed by atoms with E-state index in [1.165, 1.54) is 18.3 Å². The van der Waals surface area contributed by atoms with E-state index in [-0.39, 0.29) is 21.2 Å². The first-order valence-electron chi connectivity index (χ1n) is 6.87. The van der Waals surface area contributed by atoms with E-state index in [1.807, 2.05) is 0 Å². The van der Waals surface area contributed by atoms with Crippen molar-refractivity contribution in [2.75, 3.05) is 0 Å². The van der Waals surface area contributed by atoms with Crippen LogP contribution in [-0.4, -0.2) is 0 Å². The molecule has 0 radical (unpaired) electrons. The Balaban J connectivity index is 2.08. The molecule has 0 saturated heterocycles. The van der Waals surface area contributed by atoms with Crippen LogP contribution in [0.1, 0.15) is 37.8 Å². The van der Waals surface area contributed by atoms with Gasteiger partial charge >= 0.3 is 128 Å². The normalized spacial score (nSPS) is 12.9. The van der Waals surface area contributed by atoms with Crippen molar-refractivity contribution in [3.8, 4) is 0 Å². The van der Waals surface area contributed by atoms with Gasteiger partial charge in [-0.05, 0) is 0 Å². The Morgan fingerprint density at radius 3 is 1.68 bits per heavy atom. The average Bonchev–Trinajstić information content (AvgIpc) is 2.41. The van der Waals surface area contributed by atoms with E-state index >= 15 is 0 Å². The van der Waals surface area contributed by atoms with Gasteiger partial charge in [-0.2, -0.15) is 0 Å². The van der Waals surface area contributed by atoms with Crippen molar-refractivity contribution in [2.24, 2.45) is 5.92 Å². The van der Waals surface area contributed by atoms with Crippen molar-refractivity contribution in [2.45, 2.75) is 33.6 Å². The summed E-state index contributed by atoms with van der Waals surface area (Å²) in [5, 5.41) is 0. The molecule has 0 fully saturated rings. The summed E-state index contributed by atoms with van der Waals surface area (Å²) in [6.45, 7) is 9.04. The second kappa shape index (κ2) is 6.56. The Morgan fingerprint density at radius 1 is 0.737 bits per heavy atom. The summed E-state index contributed by atoms with van der Waals surface area (Å²) in [5.41, 5.74) is 2.81. The van der Waals surface area contributed by atoms with Gasteiger partial charge in [0.15, 0.2) is 0 Å². The Hall–Kier alpha value is -0.830. The molecular formula is C18H22I-. The third kappa shape index (κ3) is 4.07. The number of hydrogen-bond donors (Lipinski definition) is 0. The van der Waals surface area contributed by atoms with Gasteiger partial charge in [0.05, 0.1) is 0 Å². The zero-order valence-electron chi connectivity index (χ0n) is 12.2. The van der Waals surface area contributed by atoms with Crippen molar-refractivity contribution in [3.63, 3.8) is 0 Å². The molecule has 0 amide bonds. The van der Waals surface area contributed by atoms with Crippen molar-refractivity contribution >= 4 is 0 Å². The van der Waals surface area contributed by atoms with Gasteiger partial charge in [0.25, 0.3) is 0 Å². The van der Waals surface area contributed by atoms with Crippen LogP contribution in [0.5, 0.6) is 0 Å². The molecule has 0 aliphatic rings. The van der Waals surface area contributed by atoms with Gasteiger partial charge in [0, 0.05) is 0 Å².